The van der Waals surface area contributed by atoms with Gasteiger partial charge < -0.3 is 14.7 Å². The van der Waals surface area contributed by atoms with Crippen molar-refractivity contribution in [1.82, 2.24) is 15.6 Å². The van der Waals surface area contributed by atoms with Crippen molar-refractivity contribution in [3.63, 3.8) is 0 Å². The third-order valence-corrected chi connectivity index (χ3v) is 6.80. The molecule has 0 spiro atoms. The number of para-hydroxylation sites is 2. The van der Waals surface area contributed by atoms with Crippen molar-refractivity contribution >= 4 is 33.5 Å². The van der Waals surface area contributed by atoms with E-state index in [1.165, 1.54) is 12.1 Å². The number of fused-ring (bicyclic) bond motifs is 2. The number of benzene rings is 3. The van der Waals surface area contributed by atoms with E-state index in [0.29, 0.717) is 13.0 Å². The Morgan fingerprint density at radius 3 is 2.57 bits per heavy atom. The van der Waals surface area contributed by atoms with E-state index in [9.17, 15) is 14.9 Å². The van der Waals surface area contributed by atoms with E-state index in [2.05, 4.69) is 15.6 Å². The van der Waals surface area contributed by atoms with Gasteiger partial charge in [-0.3, -0.25) is 20.2 Å². The van der Waals surface area contributed by atoms with Crippen molar-refractivity contribution < 1.29 is 14.1 Å². The monoisotopic (exact) mass is 496 g/mol. The molecular formula is C29H28N4O4. The van der Waals surface area contributed by atoms with E-state index in [0.717, 1.165) is 38.8 Å². The molecule has 3 N–H and O–H groups in total. The zero-order valence-corrected chi connectivity index (χ0v) is 20.7. The molecule has 8 heteroatoms. The van der Waals surface area contributed by atoms with E-state index in [1.54, 1.807) is 12.1 Å². The van der Waals surface area contributed by atoms with Gasteiger partial charge in [-0.15, -0.1) is 0 Å². The van der Waals surface area contributed by atoms with Crippen LogP contribution in [0.3, 0.4) is 0 Å². The Hall–Kier alpha value is -4.43. The number of non-ortho nitro benzene ring substituents is 1. The Kier molecular flexibility index (Phi) is 6.50. The molecule has 2 atom stereocenters. The molecule has 0 bridgehead atoms. The number of aromatic nitrogens is 1. The average molecular weight is 497 g/mol. The first kappa shape index (κ1) is 24.3. The normalized spacial score (nSPS) is 13.9. The summed E-state index contributed by atoms with van der Waals surface area (Å²) in [5.74, 6) is 0.558. The number of rotatable bonds is 9. The standard InChI is InChI=1S/C29H28N4O4/c1-19(20-11-13-23(14-12-20)33(35)36)32-28(34)29(2,16-22-17-30-26-9-5-4-8-25(22)26)31-18-24-15-21-7-3-6-10-27(21)37-24/h3-15,17,19,30-31H,16,18H2,1-2H3,(H,32,34)/t19-,29+/m1/s1. The second-order valence-corrected chi connectivity index (χ2v) is 9.52. The van der Waals surface area contributed by atoms with Gasteiger partial charge in [0.25, 0.3) is 5.69 Å². The molecule has 188 valence electrons. The van der Waals surface area contributed by atoms with Gasteiger partial charge in [-0.1, -0.05) is 48.5 Å². The van der Waals surface area contributed by atoms with Gasteiger partial charge in [-0.05, 0) is 43.2 Å². The number of furan rings is 1. The van der Waals surface area contributed by atoms with Gasteiger partial charge in [-0.2, -0.15) is 0 Å². The van der Waals surface area contributed by atoms with Gasteiger partial charge in [-0.25, -0.2) is 0 Å². The van der Waals surface area contributed by atoms with Gasteiger partial charge in [0.2, 0.25) is 5.91 Å². The number of nitrogens with zero attached hydrogens (tertiary/aromatic N) is 1. The summed E-state index contributed by atoms with van der Waals surface area (Å²) in [5, 5.41) is 19.6. The fourth-order valence-corrected chi connectivity index (χ4v) is 4.61. The highest BCUT2D eigenvalue weighted by Gasteiger charge is 2.35. The van der Waals surface area contributed by atoms with Crippen LogP contribution in [0.5, 0.6) is 0 Å². The number of nitro benzene ring substituents is 1. The van der Waals surface area contributed by atoms with Crippen LogP contribution in [-0.2, 0) is 17.8 Å². The summed E-state index contributed by atoms with van der Waals surface area (Å²) < 4.78 is 5.97. The molecule has 3 aromatic carbocycles. The number of nitrogens with one attached hydrogen (secondary N) is 3. The molecule has 0 saturated heterocycles. The van der Waals surface area contributed by atoms with Crippen LogP contribution < -0.4 is 10.6 Å². The third-order valence-electron chi connectivity index (χ3n) is 6.80. The van der Waals surface area contributed by atoms with Crippen molar-refractivity contribution in [1.29, 1.82) is 0 Å². The Morgan fingerprint density at radius 1 is 1.08 bits per heavy atom. The summed E-state index contributed by atoms with van der Waals surface area (Å²) in [6.07, 6.45) is 2.38. The third kappa shape index (κ3) is 5.10. The molecule has 37 heavy (non-hydrogen) atoms. The second-order valence-electron chi connectivity index (χ2n) is 9.52. The number of amides is 1. The molecule has 0 radical (unpaired) electrons. The van der Waals surface area contributed by atoms with Crippen LogP contribution in [0, 0.1) is 10.1 Å². The lowest BCUT2D eigenvalue weighted by Crippen LogP contribution is -2.56. The van der Waals surface area contributed by atoms with E-state index < -0.39 is 10.5 Å². The van der Waals surface area contributed by atoms with Crippen LogP contribution in [0.25, 0.3) is 21.9 Å². The lowest BCUT2D eigenvalue weighted by molar-refractivity contribution is -0.384. The summed E-state index contributed by atoms with van der Waals surface area (Å²) in [6, 6.07) is 23.7. The van der Waals surface area contributed by atoms with Crippen molar-refractivity contribution in [3.05, 3.63) is 112 Å². The number of hydrogen-bond donors (Lipinski definition) is 3. The van der Waals surface area contributed by atoms with E-state index in [4.69, 9.17) is 4.42 Å². The number of carbonyl (C=O) groups is 1. The summed E-state index contributed by atoms with van der Waals surface area (Å²) in [7, 11) is 0. The highest BCUT2D eigenvalue weighted by atomic mass is 16.6. The number of hydrogen-bond acceptors (Lipinski definition) is 5. The quantitative estimate of drug-likeness (QED) is 0.177. The molecule has 0 aliphatic carbocycles. The van der Waals surface area contributed by atoms with Crippen LogP contribution in [0.4, 0.5) is 5.69 Å². The molecule has 5 rings (SSSR count). The predicted octanol–water partition coefficient (Wildman–Crippen LogP) is 5.79. The second kappa shape index (κ2) is 9.91. The van der Waals surface area contributed by atoms with Crippen LogP contribution in [0.1, 0.15) is 36.8 Å². The fourth-order valence-electron chi connectivity index (χ4n) is 4.61. The Balaban J connectivity index is 1.39. The largest absolute Gasteiger partial charge is 0.460 e. The first-order valence-electron chi connectivity index (χ1n) is 12.2. The van der Waals surface area contributed by atoms with Crippen LogP contribution in [0.15, 0.2) is 89.5 Å². The van der Waals surface area contributed by atoms with Crippen LogP contribution in [-0.4, -0.2) is 21.4 Å². The lowest BCUT2D eigenvalue weighted by atomic mass is 9.90. The number of nitro groups is 1. The molecule has 2 heterocycles. The summed E-state index contributed by atoms with van der Waals surface area (Å²) >= 11 is 0. The maximum absolute atomic E-state index is 13.8. The smallest absolute Gasteiger partial charge is 0.269 e. The lowest BCUT2D eigenvalue weighted by Gasteiger charge is -2.31. The van der Waals surface area contributed by atoms with Crippen molar-refractivity contribution in [2.45, 2.75) is 38.4 Å². The minimum Gasteiger partial charge on any atom is -0.460 e. The zero-order valence-electron chi connectivity index (χ0n) is 20.7. The molecule has 0 aliphatic heterocycles. The SMILES string of the molecule is C[C@@H](NC(=O)[C@](C)(Cc1c[nH]c2ccccc12)NCc1cc2ccccc2o1)c1ccc([N+](=O)[O-])cc1. The Bertz CT molecular complexity index is 1540. The minimum absolute atomic E-state index is 0.0129. The maximum Gasteiger partial charge on any atom is 0.269 e. The average Bonchev–Trinajstić information content (AvgIpc) is 3.51. The molecule has 0 unspecified atom stereocenters. The Labute approximate surface area is 213 Å². The molecule has 8 nitrogen and oxygen atoms in total. The van der Waals surface area contributed by atoms with Crippen LogP contribution in [0.2, 0.25) is 0 Å². The number of H-pyrrole nitrogens is 1. The molecule has 5 aromatic rings. The van der Waals surface area contributed by atoms with E-state index >= 15 is 0 Å². The molecule has 2 aromatic heterocycles. The molecule has 0 saturated carbocycles. The van der Waals surface area contributed by atoms with E-state index in [-0.39, 0.29) is 17.6 Å². The molecular weight excluding hydrogens is 468 g/mol. The van der Waals surface area contributed by atoms with Gasteiger partial charge in [0.1, 0.15) is 11.3 Å². The summed E-state index contributed by atoms with van der Waals surface area (Å²) in [5.41, 5.74) is 2.66. The van der Waals surface area contributed by atoms with Gasteiger partial charge in [0, 0.05) is 41.0 Å². The van der Waals surface area contributed by atoms with Gasteiger partial charge >= 0.3 is 0 Å². The first-order valence-corrected chi connectivity index (χ1v) is 12.2. The van der Waals surface area contributed by atoms with Crippen molar-refractivity contribution in [2.75, 3.05) is 0 Å². The van der Waals surface area contributed by atoms with Crippen molar-refractivity contribution in [2.24, 2.45) is 0 Å². The van der Waals surface area contributed by atoms with E-state index in [1.807, 2.05) is 74.6 Å². The zero-order chi connectivity index (χ0) is 26.0. The number of carbonyl (C=O) groups excluding carboxylic acids is 1. The number of aromatic amines is 1. The van der Waals surface area contributed by atoms with Crippen LogP contribution >= 0.6 is 0 Å². The van der Waals surface area contributed by atoms with Gasteiger partial charge in [0.05, 0.1) is 23.0 Å². The van der Waals surface area contributed by atoms with Gasteiger partial charge in [0.15, 0.2) is 0 Å². The summed E-state index contributed by atoms with van der Waals surface area (Å²) in [4.78, 5) is 27.6. The maximum atomic E-state index is 13.8. The fraction of sp³-hybridized carbons (Fsp3) is 0.207. The highest BCUT2D eigenvalue weighted by Crippen LogP contribution is 2.26. The highest BCUT2D eigenvalue weighted by molar-refractivity contribution is 5.89. The summed E-state index contributed by atoms with van der Waals surface area (Å²) in [6.45, 7) is 4.12. The molecule has 0 fully saturated rings. The topological polar surface area (TPSA) is 113 Å². The minimum atomic E-state index is -0.973. The predicted molar refractivity (Wildman–Crippen MR) is 143 cm³/mol. The molecule has 1 amide bonds. The molecule has 0 aliphatic rings. The Morgan fingerprint density at radius 2 is 1.81 bits per heavy atom. The van der Waals surface area contributed by atoms with Crippen molar-refractivity contribution in [3.8, 4) is 0 Å². The first-order chi connectivity index (χ1) is 17.8.